The number of aromatic nitrogens is 2. The van der Waals surface area contributed by atoms with Crippen LogP contribution in [-0.2, 0) is 24.4 Å². The van der Waals surface area contributed by atoms with Crippen molar-refractivity contribution >= 4 is 21.6 Å². The summed E-state index contributed by atoms with van der Waals surface area (Å²) in [6.07, 6.45) is 7.75. The lowest BCUT2D eigenvalue weighted by atomic mass is 9.82. The fraction of sp³-hybridized carbons (Fsp3) is 0.238. The second-order valence-corrected chi connectivity index (χ2v) is 7.35. The van der Waals surface area contributed by atoms with E-state index in [1.807, 2.05) is 36.9 Å². The average molecular weight is 410 g/mol. The Morgan fingerprint density at radius 2 is 2.04 bits per heavy atom. The highest BCUT2D eigenvalue weighted by Gasteiger charge is 2.27. The maximum absolute atomic E-state index is 5.75. The Bertz CT molecular complexity index is 891. The third-order valence-electron chi connectivity index (χ3n) is 4.75. The van der Waals surface area contributed by atoms with E-state index in [1.165, 1.54) is 11.1 Å². The number of oxime groups is 1. The van der Waals surface area contributed by atoms with Crippen molar-refractivity contribution in [2.24, 2.45) is 11.1 Å². The third-order valence-corrected chi connectivity index (χ3v) is 5.49. The molecular formula is C21H20BrN3O. The molecule has 1 heterocycles. The lowest BCUT2D eigenvalue weighted by Crippen LogP contribution is -2.27. The summed E-state index contributed by atoms with van der Waals surface area (Å²) in [4.78, 5) is 9.91. The van der Waals surface area contributed by atoms with Gasteiger partial charge in [-0.25, -0.2) is 4.98 Å². The molecule has 1 aliphatic carbocycles. The van der Waals surface area contributed by atoms with Crippen LogP contribution in [0.4, 0.5) is 0 Å². The molecule has 0 fully saturated rings. The fourth-order valence-electron chi connectivity index (χ4n) is 3.43. The summed E-state index contributed by atoms with van der Waals surface area (Å²) in [6, 6.07) is 16.4. The van der Waals surface area contributed by atoms with Crippen LogP contribution in [0.15, 0.2) is 76.9 Å². The van der Waals surface area contributed by atoms with Crippen molar-refractivity contribution in [1.82, 2.24) is 9.55 Å². The molecule has 1 atom stereocenters. The van der Waals surface area contributed by atoms with Crippen molar-refractivity contribution in [2.75, 3.05) is 0 Å². The Kier molecular flexibility index (Phi) is 5.16. The van der Waals surface area contributed by atoms with Crippen molar-refractivity contribution in [1.29, 1.82) is 0 Å². The van der Waals surface area contributed by atoms with E-state index in [0.717, 1.165) is 35.1 Å². The van der Waals surface area contributed by atoms with Crippen LogP contribution in [-0.4, -0.2) is 15.3 Å². The van der Waals surface area contributed by atoms with Gasteiger partial charge < -0.3 is 9.40 Å². The van der Waals surface area contributed by atoms with Crippen LogP contribution in [0.1, 0.15) is 23.1 Å². The first-order chi connectivity index (χ1) is 12.8. The van der Waals surface area contributed by atoms with Gasteiger partial charge in [-0.1, -0.05) is 63.6 Å². The smallest absolute Gasteiger partial charge is 0.142 e. The molecule has 0 radical (unpaired) electrons. The summed E-state index contributed by atoms with van der Waals surface area (Å²) in [5, 5.41) is 4.58. The Morgan fingerprint density at radius 1 is 1.15 bits per heavy atom. The molecule has 1 unspecified atom stereocenters. The number of rotatable bonds is 5. The number of nitrogens with zero attached hydrogens (tertiary/aromatic N) is 3. The molecule has 0 saturated heterocycles. The SMILES string of the molecule is Brc1cccc2c1CCC(Cn1ccnc1)/C2=N/OCc1ccccc1. The Balaban J connectivity index is 1.61. The fourth-order valence-corrected chi connectivity index (χ4v) is 3.99. The van der Waals surface area contributed by atoms with Crippen LogP contribution in [0, 0.1) is 5.92 Å². The molecule has 0 bridgehead atoms. The molecule has 0 aliphatic heterocycles. The van der Waals surface area contributed by atoms with Crippen LogP contribution in [0.2, 0.25) is 0 Å². The van der Waals surface area contributed by atoms with Crippen LogP contribution in [0.3, 0.4) is 0 Å². The van der Waals surface area contributed by atoms with E-state index in [9.17, 15) is 0 Å². The van der Waals surface area contributed by atoms with Gasteiger partial charge in [0.1, 0.15) is 6.61 Å². The number of fused-ring (bicyclic) bond motifs is 1. The van der Waals surface area contributed by atoms with Gasteiger partial charge in [0.25, 0.3) is 0 Å². The zero-order chi connectivity index (χ0) is 17.8. The summed E-state index contributed by atoms with van der Waals surface area (Å²) in [5.74, 6) is 0.307. The lowest BCUT2D eigenvalue weighted by molar-refractivity contribution is 0.128. The predicted octanol–water partition coefficient (Wildman–Crippen LogP) is 4.83. The topological polar surface area (TPSA) is 39.4 Å². The van der Waals surface area contributed by atoms with E-state index in [1.54, 1.807) is 0 Å². The molecule has 1 aliphatic rings. The van der Waals surface area contributed by atoms with Gasteiger partial charge in [-0.15, -0.1) is 0 Å². The average Bonchev–Trinajstić information content (AvgIpc) is 3.17. The van der Waals surface area contributed by atoms with Crippen LogP contribution in [0.25, 0.3) is 0 Å². The Morgan fingerprint density at radius 3 is 2.85 bits per heavy atom. The highest BCUT2D eigenvalue weighted by Crippen LogP contribution is 2.32. The van der Waals surface area contributed by atoms with E-state index < -0.39 is 0 Å². The third kappa shape index (κ3) is 3.73. The minimum absolute atomic E-state index is 0.307. The van der Waals surface area contributed by atoms with E-state index in [2.05, 4.69) is 61.0 Å². The monoisotopic (exact) mass is 409 g/mol. The molecule has 3 aromatic rings. The molecule has 5 heteroatoms. The van der Waals surface area contributed by atoms with Crippen molar-refractivity contribution in [3.63, 3.8) is 0 Å². The molecule has 0 spiro atoms. The van der Waals surface area contributed by atoms with E-state index in [0.29, 0.717) is 12.5 Å². The second kappa shape index (κ2) is 7.87. The van der Waals surface area contributed by atoms with Gasteiger partial charge in [-0.05, 0) is 30.0 Å². The van der Waals surface area contributed by atoms with E-state index in [-0.39, 0.29) is 0 Å². The predicted molar refractivity (Wildman–Crippen MR) is 106 cm³/mol. The van der Waals surface area contributed by atoms with Crippen LogP contribution >= 0.6 is 15.9 Å². The van der Waals surface area contributed by atoms with Crippen LogP contribution < -0.4 is 0 Å². The molecule has 132 valence electrons. The molecule has 4 nitrogen and oxygen atoms in total. The number of halogens is 1. The number of imidazole rings is 1. The minimum Gasteiger partial charge on any atom is -0.391 e. The molecule has 0 amide bonds. The maximum atomic E-state index is 5.75. The zero-order valence-corrected chi connectivity index (χ0v) is 16.0. The summed E-state index contributed by atoms with van der Waals surface area (Å²) in [5.41, 5.74) is 4.64. The summed E-state index contributed by atoms with van der Waals surface area (Å²) < 4.78 is 3.26. The van der Waals surface area contributed by atoms with Crippen molar-refractivity contribution in [3.8, 4) is 0 Å². The summed E-state index contributed by atoms with van der Waals surface area (Å²) >= 11 is 3.68. The molecule has 1 aromatic heterocycles. The first kappa shape index (κ1) is 17.0. The van der Waals surface area contributed by atoms with Gasteiger partial charge in [0, 0.05) is 34.9 Å². The molecule has 2 aromatic carbocycles. The van der Waals surface area contributed by atoms with Gasteiger partial charge in [0.2, 0.25) is 0 Å². The quantitative estimate of drug-likeness (QED) is 0.566. The Hall–Kier alpha value is -2.40. The highest BCUT2D eigenvalue weighted by molar-refractivity contribution is 9.10. The van der Waals surface area contributed by atoms with Gasteiger partial charge in [-0.2, -0.15) is 0 Å². The van der Waals surface area contributed by atoms with Crippen molar-refractivity contribution in [2.45, 2.75) is 26.0 Å². The largest absolute Gasteiger partial charge is 0.391 e. The summed E-state index contributed by atoms with van der Waals surface area (Å²) in [6.45, 7) is 1.34. The minimum atomic E-state index is 0.307. The molecular weight excluding hydrogens is 390 g/mol. The number of hydrogen-bond acceptors (Lipinski definition) is 3. The first-order valence-electron chi connectivity index (χ1n) is 8.78. The number of hydrogen-bond donors (Lipinski definition) is 0. The molecule has 4 rings (SSSR count). The standard InChI is InChI=1S/C21H20BrN3O/c22-20-8-4-7-19-18(20)10-9-17(13-25-12-11-23-15-25)21(19)24-26-14-16-5-2-1-3-6-16/h1-8,11-12,15,17H,9-10,13-14H2/b24-21-. The highest BCUT2D eigenvalue weighted by atomic mass is 79.9. The van der Waals surface area contributed by atoms with E-state index >= 15 is 0 Å². The second-order valence-electron chi connectivity index (χ2n) is 6.50. The van der Waals surface area contributed by atoms with Crippen molar-refractivity contribution in [3.05, 3.63) is 88.4 Å². The van der Waals surface area contributed by atoms with Crippen LogP contribution in [0.5, 0.6) is 0 Å². The molecule has 26 heavy (non-hydrogen) atoms. The van der Waals surface area contributed by atoms with Crippen molar-refractivity contribution < 1.29 is 4.84 Å². The first-order valence-corrected chi connectivity index (χ1v) is 9.58. The van der Waals surface area contributed by atoms with E-state index in [4.69, 9.17) is 4.84 Å². The Labute approximate surface area is 161 Å². The van der Waals surface area contributed by atoms with Gasteiger partial charge >= 0.3 is 0 Å². The van der Waals surface area contributed by atoms with Gasteiger partial charge in [0.15, 0.2) is 0 Å². The maximum Gasteiger partial charge on any atom is 0.142 e. The lowest BCUT2D eigenvalue weighted by Gasteiger charge is -2.27. The normalized spacial score (nSPS) is 17.9. The van der Waals surface area contributed by atoms with Gasteiger partial charge in [-0.3, -0.25) is 0 Å². The molecule has 0 N–H and O–H groups in total. The zero-order valence-electron chi connectivity index (χ0n) is 14.4. The van der Waals surface area contributed by atoms with Gasteiger partial charge in [0.05, 0.1) is 12.0 Å². The number of benzene rings is 2. The molecule has 0 saturated carbocycles. The summed E-state index contributed by atoms with van der Waals surface area (Å²) in [7, 11) is 0.